The second kappa shape index (κ2) is 9.00. The smallest absolute Gasteiger partial charge is 0.358 e. The third-order valence-electron chi connectivity index (χ3n) is 6.97. The van der Waals surface area contributed by atoms with Gasteiger partial charge in [-0.25, -0.2) is 4.79 Å². The lowest BCUT2D eigenvalue weighted by Gasteiger charge is -2.44. The number of anilines is 1. The van der Waals surface area contributed by atoms with E-state index in [-0.39, 0.29) is 35.8 Å². The van der Waals surface area contributed by atoms with Crippen molar-refractivity contribution in [3.05, 3.63) is 47.3 Å². The third-order valence-corrected chi connectivity index (χ3v) is 6.97. The first-order valence-electron chi connectivity index (χ1n) is 11.7. The molecule has 1 aromatic heterocycles. The van der Waals surface area contributed by atoms with E-state index < -0.39 is 11.5 Å². The van der Waals surface area contributed by atoms with Crippen LogP contribution < -0.4 is 10.2 Å². The van der Waals surface area contributed by atoms with Gasteiger partial charge in [0, 0.05) is 17.8 Å². The molecule has 0 saturated heterocycles. The van der Waals surface area contributed by atoms with E-state index in [0.717, 1.165) is 37.7 Å². The van der Waals surface area contributed by atoms with Gasteiger partial charge in [-0.2, -0.15) is 5.10 Å². The number of ether oxygens (including phenoxy) is 1. The van der Waals surface area contributed by atoms with Crippen molar-refractivity contribution < 1.29 is 19.1 Å². The molecule has 4 rings (SSSR count). The van der Waals surface area contributed by atoms with E-state index in [0.29, 0.717) is 11.6 Å². The summed E-state index contributed by atoms with van der Waals surface area (Å²) in [5, 5.41) is 7.49. The quantitative estimate of drug-likeness (QED) is 0.703. The van der Waals surface area contributed by atoms with Crippen LogP contribution in [0.3, 0.4) is 0 Å². The minimum atomic E-state index is -1.21. The minimum absolute atomic E-state index is 0.0500. The number of nitrogens with one attached hydrogen (secondary N) is 1. The standard InChI is InChI=1S/C25H32N4O4/c1-5-17-7-6-8-19(13-17)29-22(30)21-14-20(23(31)33-4)27-28(21)15-25(29,3)24(32)26-18-11-9-16(2)10-12-18/h6-8,13-14,16,18H,5,9-12,15H2,1-4H3,(H,26,32)/t16?,18?,25-/m1/s1. The highest BCUT2D eigenvalue weighted by atomic mass is 16.5. The van der Waals surface area contributed by atoms with Crippen molar-refractivity contribution in [3.8, 4) is 0 Å². The fraction of sp³-hybridized carbons (Fsp3) is 0.520. The molecule has 8 nitrogen and oxygen atoms in total. The Morgan fingerprint density at radius 1 is 1.21 bits per heavy atom. The van der Waals surface area contributed by atoms with Crippen molar-refractivity contribution in [3.63, 3.8) is 0 Å². The van der Waals surface area contributed by atoms with Crippen molar-refractivity contribution in [1.29, 1.82) is 0 Å². The normalized spacial score (nSPS) is 24.8. The maximum absolute atomic E-state index is 13.7. The summed E-state index contributed by atoms with van der Waals surface area (Å²) in [5.74, 6) is -0.529. The first kappa shape index (κ1) is 23.0. The zero-order valence-electron chi connectivity index (χ0n) is 19.8. The maximum Gasteiger partial charge on any atom is 0.358 e. The third kappa shape index (κ3) is 4.26. The van der Waals surface area contributed by atoms with Gasteiger partial charge in [0.25, 0.3) is 5.91 Å². The van der Waals surface area contributed by atoms with Crippen molar-refractivity contribution in [2.75, 3.05) is 12.0 Å². The number of aryl methyl sites for hydroxylation is 1. The number of hydrogen-bond donors (Lipinski definition) is 1. The van der Waals surface area contributed by atoms with Crippen molar-refractivity contribution in [1.82, 2.24) is 15.1 Å². The Balaban J connectivity index is 1.74. The minimum Gasteiger partial charge on any atom is -0.464 e. The largest absolute Gasteiger partial charge is 0.464 e. The Morgan fingerprint density at radius 2 is 1.94 bits per heavy atom. The Kier molecular flexibility index (Phi) is 6.28. The van der Waals surface area contributed by atoms with Gasteiger partial charge in [0.2, 0.25) is 5.91 Å². The highest BCUT2D eigenvalue weighted by Crippen LogP contribution is 2.34. The van der Waals surface area contributed by atoms with Crippen LogP contribution in [0.15, 0.2) is 30.3 Å². The monoisotopic (exact) mass is 452 g/mol. The molecule has 1 fully saturated rings. The summed E-state index contributed by atoms with van der Waals surface area (Å²) in [5.41, 5.74) is 0.821. The van der Waals surface area contributed by atoms with E-state index >= 15 is 0 Å². The number of aromatic nitrogens is 2. The predicted molar refractivity (Wildman–Crippen MR) is 124 cm³/mol. The van der Waals surface area contributed by atoms with Crippen LogP contribution in [0.5, 0.6) is 0 Å². The van der Waals surface area contributed by atoms with Gasteiger partial charge in [0.05, 0.1) is 13.7 Å². The van der Waals surface area contributed by atoms with Gasteiger partial charge in [0.15, 0.2) is 5.69 Å². The van der Waals surface area contributed by atoms with E-state index in [4.69, 9.17) is 4.74 Å². The molecule has 1 atom stereocenters. The summed E-state index contributed by atoms with van der Waals surface area (Å²) in [6, 6.07) is 9.21. The fourth-order valence-electron chi connectivity index (χ4n) is 4.85. The number of amides is 2. The van der Waals surface area contributed by atoms with E-state index in [1.807, 2.05) is 31.2 Å². The summed E-state index contributed by atoms with van der Waals surface area (Å²) >= 11 is 0. The molecule has 2 heterocycles. The Hall–Kier alpha value is -3.16. The van der Waals surface area contributed by atoms with Gasteiger partial charge < -0.3 is 10.1 Å². The number of nitrogens with zero attached hydrogens (tertiary/aromatic N) is 3. The van der Waals surface area contributed by atoms with Crippen LogP contribution in [0.4, 0.5) is 5.69 Å². The number of methoxy groups -OCH3 is 1. The average Bonchev–Trinajstić information content (AvgIpc) is 3.24. The number of esters is 1. The zero-order chi connectivity index (χ0) is 23.8. The molecule has 0 bridgehead atoms. The van der Waals surface area contributed by atoms with Crippen LogP contribution >= 0.6 is 0 Å². The predicted octanol–water partition coefficient (Wildman–Crippen LogP) is 3.35. The SMILES string of the molecule is CCc1cccc(N2C(=O)c3cc(C(=O)OC)nn3C[C@]2(C)C(=O)NC2CCC(C)CC2)c1. The number of carbonyl (C=O) groups excluding carboxylic acids is 3. The number of carbonyl (C=O) groups is 3. The Morgan fingerprint density at radius 3 is 2.61 bits per heavy atom. The van der Waals surface area contributed by atoms with Crippen LogP contribution in [0.25, 0.3) is 0 Å². The second-order valence-corrected chi connectivity index (χ2v) is 9.43. The summed E-state index contributed by atoms with van der Waals surface area (Å²) in [4.78, 5) is 41.1. The van der Waals surface area contributed by atoms with Crippen molar-refractivity contribution >= 4 is 23.5 Å². The lowest BCUT2D eigenvalue weighted by atomic mass is 9.86. The topological polar surface area (TPSA) is 93.5 Å². The molecular formula is C25H32N4O4. The van der Waals surface area contributed by atoms with Gasteiger partial charge >= 0.3 is 5.97 Å². The lowest BCUT2D eigenvalue weighted by molar-refractivity contribution is -0.127. The van der Waals surface area contributed by atoms with Gasteiger partial charge in [-0.15, -0.1) is 0 Å². The molecular weight excluding hydrogens is 420 g/mol. The molecule has 8 heteroatoms. The lowest BCUT2D eigenvalue weighted by Crippen LogP contribution is -2.65. The Bertz CT molecular complexity index is 1070. The molecule has 1 aromatic carbocycles. The number of fused-ring (bicyclic) bond motifs is 1. The van der Waals surface area contributed by atoms with Crippen molar-refractivity contribution in [2.45, 2.75) is 71.0 Å². The number of rotatable bonds is 5. The van der Waals surface area contributed by atoms with E-state index in [1.165, 1.54) is 17.9 Å². The molecule has 1 aliphatic carbocycles. The molecule has 2 aliphatic rings. The molecule has 0 radical (unpaired) electrons. The molecule has 0 unspecified atom stereocenters. The first-order valence-corrected chi connectivity index (χ1v) is 11.7. The van der Waals surface area contributed by atoms with Crippen LogP contribution in [-0.2, 0) is 22.5 Å². The van der Waals surface area contributed by atoms with E-state index in [2.05, 4.69) is 17.3 Å². The summed E-state index contributed by atoms with van der Waals surface area (Å²) in [6.45, 7) is 6.19. The highest BCUT2D eigenvalue weighted by molar-refractivity contribution is 6.12. The molecule has 176 valence electrons. The average molecular weight is 453 g/mol. The first-order chi connectivity index (χ1) is 15.8. The number of benzene rings is 1. The molecule has 1 saturated carbocycles. The van der Waals surface area contributed by atoms with Gasteiger partial charge in [0.1, 0.15) is 11.2 Å². The summed E-state index contributed by atoms with van der Waals surface area (Å²) < 4.78 is 6.24. The molecule has 1 aliphatic heterocycles. The van der Waals surface area contributed by atoms with Crippen LogP contribution in [0, 0.1) is 5.92 Å². The van der Waals surface area contributed by atoms with Gasteiger partial charge in [-0.1, -0.05) is 26.0 Å². The van der Waals surface area contributed by atoms with Gasteiger partial charge in [-0.3, -0.25) is 19.2 Å². The second-order valence-electron chi connectivity index (χ2n) is 9.43. The molecule has 1 N–H and O–H groups in total. The molecule has 0 spiro atoms. The van der Waals surface area contributed by atoms with Crippen LogP contribution in [-0.4, -0.2) is 46.3 Å². The summed E-state index contributed by atoms with van der Waals surface area (Å²) in [6.07, 6.45) is 4.83. The van der Waals surface area contributed by atoms with Crippen molar-refractivity contribution in [2.24, 2.45) is 5.92 Å². The van der Waals surface area contributed by atoms with Gasteiger partial charge in [-0.05, 0) is 62.6 Å². The molecule has 33 heavy (non-hydrogen) atoms. The zero-order valence-corrected chi connectivity index (χ0v) is 19.8. The highest BCUT2D eigenvalue weighted by Gasteiger charge is 2.49. The van der Waals surface area contributed by atoms with Crippen LogP contribution in [0.1, 0.15) is 73.0 Å². The Labute approximate surface area is 194 Å². The number of hydrogen-bond acceptors (Lipinski definition) is 5. The maximum atomic E-state index is 13.7. The van der Waals surface area contributed by atoms with E-state index in [9.17, 15) is 14.4 Å². The fourth-order valence-corrected chi connectivity index (χ4v) is 4.85. The van der Waals surface area contributed by atoms with E-state index in [1.54, 1.807) is 11.8 Å². The molecule has 2 amide bonds. The molecule has 2 aromatic rings. The summed E-state index contributed by atoms with van der Waals surface area (Å²) in [7, 11) is 1.27. The van der Waals surface area contributed by atoms with Crippen LogP contribution in [0.2, 0.25) is 0 Å².